The van der Waals surface area contributed by atoms with Crippen molar-refractivity contribution in [1.29, 1.82) is 0 Å². The van der Waals surface area contributed by atoms with Gasteiger partial charge in [-0.15, -0.1) is 0 Å². The maximum absolute atomic E-state index is 12.0. The van der Waals surface area contributed by atoms with Crippen molar-refractivity contribution >= 4 is 25.5 Å². The van der Waals surface area contributed by atoms with Crippen LogP contribution in [0, 0.1) is 0 Å². The monoisotopic (exact) mass is 412 g/mol. The molecule has 0 bridgehead atoms. The number of phosphoric ester groups is 1. The van der Waals surface area contributed by atoms with Gasteiger partial charge in [-0.1, -0.05) is 46.0 Å². The van der Waals surface area contributed by atoms with Crippen LogP contribution in [0.4, 0.5) is 0 Å². The fourth-order valence-electron chi connectivity index (χ4n) is 2.21. The maximum Gasteiger partial charge on any atom is 0.472 e. The van der Waals surface area contributed by atoms with Crippen LogP contribution in [-0.4, -0.2) is 48.1 Å². The first-order valence-corrected chi connectivity index (χ1v) is 12.3. The molecule has 0 saturated carbocycles. The minimum absolute atomic E-state index is 0.0470. The number of thioether (sulfide) groups is 1. The molecule has 0 saturated heterocycles. The molecule has 0 radical (unpaired) electrons. The topological polar surface area (TPSA) is 111 Å². The molecule has 0 rings (SSSR count). The zero-order valence-electron chi connectivity index (χ0n) is 16.3. The van der Waals surface area contributed by atoms with E-state index in [1.807, 2.05) is 0 Å². The van der Waals surface area contributed by atoms with E-state index in [4.69, 9.17) is 14.8 Å². The Morgan fingerprint density at radius 3 is 2.50 bits per heavy atom. The van der Waals surface area contributed by atoms with Crippen molar-refractivity contribution in [3.05, 3.63) is 0 Å². The van der Waals surface area contributed by atoms with Crippen LogP contribution in [0.1, 0.15) is 65.2 Å². The third-order valence-corrected chi connectivity index (χ3v) is 5.84. The summed E-state index contributed by atoms with van der Waals surface area (Å²) < 4.78 is 21.5. The Bertz CT molecular complexity index is 401. The number of hydrogen-bond donors (Lipinski definition) is 3. The van der Waals surface area contributed by atoms with Crippen molar-refractivity contribution in [3.63, 3.8) is 0 Å². The lowest BCUT2D eigenvalue weighted by Crippen LogP contribution is -2.40. The lowest BCUT2D eigenvalue weighted by atomic mass is 10.2. The molecule has 7 nitrogen and oxygen atoms in total. The van der Waals surface area contributed by atoms with E-state index in [1.165, 1.54) is 19.3 Å². The SMILES string of the molecule is CCCCCCSCC(COP(=O)(O)OCCN)NC(=O)CCCCC. The number of hydrogen-bond acceptors (Lipinski definition) is 6. The number of phosphoric acid groups is 1. The van der Waals surface area contributed by atoms with E-state index in [2.05, 4.69) is 19.2 Å². The third-order valence-electron chi connectivity index (χ3n) is 3.64. The van der Waals surface area contributed by atoms with Gasteiger partial charge in [-0.25, -0.2) is 4.57 Å². The van der Waals surface area contributed by atoms with E-state index < -0.39 is 7.82 Å². The van der Waals surface area contributed by atoms with Gasteiger partial charge in [0, 0.05) is 18.7 Å². The van der Waals surface area contributed by atoms with Gasteiger partial charge in [0.2, 0.25) is 5.91 Å². The second kappa shape index (κ2) is 17.0. The minimum atomic E-state index is -4.13. The van der Waals surface area contributed by atoms with E-state index in [-0.39, 0.29) is 31.7 Å². The van der Waals surface area contributed by atoms with E-state index >= 15 is 0 Å². The van der Waals surface area contributed by atoms with Gasteiger partial charge in [0.05, 0.1) is 19.3 Å². The highest BCUT2D eigenvalue weighted by molar-refractivity contribution is 7.99. The summed E-state index contributed by atoms with van der Waals surface area (Å²) in [6.07, 6.45) is 8.14. The molecule has 0 aliphatic rings. The number of amides is 1. The molecule has 1 amide bonds. The Labute approximate surface area is 162 Å². The van der Waals surface area contributed by atoms with Crippen molar-refractivity contribution in [1.82, 2.24) is 5.32 Å². The molecule has 0 fully saturated rings. The molecule has 0 aromatic rings. The van der Waals surface area contributed by atoms with Gasteiger partial charge in [-0.3, -0.25) is 13.8 Å². The highest BCUT2D eigenvalue weighted by Gasteiger charge is 2.23. The lowest BCUT2D eigenvalue weighted by Gasteiger charge is -2.20. The van der Waals surface area contributed by atoms with Crippen molar-refractivity contribution in [2.24, 2.45) is 5.73 Å². The summed E-state index contributed by atoms with van der Waals surface area (Å²) in [7, 11) is -4.13. The molecule has 0 aromatic carbocycles. The van der Waals surface area contributed by atoms with Crippen molar-refractivity contribution in [2.45, 2.75) is 71.3 Å². The molecule has 2 atom stereocenters. The summed E-state index contributed by atoms with van der Waals surface area (Å²) in [5.41, 5.74) is 5.26. The zero-order valence-corrected chi connectivity index (χ0v) is 18.0. The van der Waals surface area contributed by atoms with Gasteiger partial charge in [0.25, 0.3) is 0 Å². The molecule has 0 aliphatic heterocycles. The number of nitrogens with two attached hydrogens (primary N) is 1. The van der Waals surface area contributed by atoms with Crippen LogP contribution in [0.15, 0.2) is 0 Å². The van der Waals surface area contributed by atoms with Gasteiger partial charge in [0.15, 0.2) is 0 Å². The van der Waals surface area contributed by atoms with Crippen molar-refractivity contribution in [2.75, 3.05) is 31.3 Å². The Balaban J connectivity index is 4.33. The van der Waals surface area contributed by atoms with E-state index in [0.29, 0.717) is 12.2 Å². The minimum Gasteiger partial charge on any atom is -0.350 e. The standard InChI is InChI=1S/C17H37N2O5PS/c1-3-5-7-9-13-26-15-16(19-17(20)10-8-6-4-2)14-24-25(21,22)23-12-11-18/h16H,3-15,18H2,1-2H3,(H,19,20)(H,21,22). The van der Waals surface area contributed by atoms with Crippen LogP contribution in [-0.2, 0) is 18.4 Å². The summed E-state index contributed by atoms with van der Waals surface area (Å²) in [5.74, 6) is 1.60. The van der Waals surface area contributed by atoms with Crippen LogP contribution in [0.25, 0.3) is 0 Å². The highest BCUT2D eigenvalue weighted by Crippen LogP contribution is 2.42. The second-order valence-corrected chi connectivity index (χ2v) is 8.85. The molecule has 0 aromatic heterocycles. The quantitative estimate of drug-likeness (QED) is 0.233. The largest absolute Gasteiger partial charge is 0.472 e. The van der Waals surface area contributed by atoms with E-state index in [0.717, 1.165) is 31.4 Å². The van der Waals surface area contributed by atoms with E-state index in [1.54, 1.807) is 11.8 Å². The van der Waals surface area contributed by atoms with Crippen LogP contribution < -0.4 is 11.1 Å². The third kappa shape index (κ3) is 16.1. The molecule has 26 heavy (non-hydrogen) atoms. The second-order valence-electron chi connectivity index (χ2n) is 6.24. The first-order valence-electron chi connectivity index (χ1n) is 9.64. The Hall–Kier alpha value is -0.110. The average Bonchev–Trinajstić information content (AvgIpc) is 2.61. The molecule has 0 heterocycles. The number of carbonyl (C=O) groups excluding carboxylic acids is 1. The molecule has 156 valence electrons. The van der Waals surface area contributed by atoms with Gasteiger partial charge < -0.3 is 15.9 Å². The fourth-order valence-corrected chi connectivity index (χ4v) is 4.03. The number of carbonyl (C=O) groups is 1. The highest BCUT2D eigenvalue weighted by atomic mass is 32.2. The Kier molecular flexibility index (Phi) is 16.9. The van der Waals surface area contributed by atoms with Crippen LogP contribution in [0.5, 0.6) is 0 Å². The molecule has 0 aliphatic carbocycles. The molecule has 0 spiro atoms. The predicted molar refractivity (Wildman–Crippen MR) is 108 cm³/mol. The summed E-state index contributed by atoms with van der Waals surface area (Å²) in [6, 6.07) is -0.317. The fraction of sp³-hybridized carbons (Fsp3) is 0.941. The van der Waals surface area contributed by atoms with E-state index in [9.17, 15) is 14.3 Å². The van der Waals surface area contributed by atoms with Crippen molar-refractivity contribution in [3.8, 4) is 0 Å². The first kappa shape index (κ1) is 25.9. The summed E-state index contributed by atoms with van der Waals surface area (Å²) in [4.78, 5) is 21.7. The molecule has 4 N–H and O–H groups in total. The Morgan fingerprint density at radius 1 is 1.15 bits per heavy atom. The smallest absolute Gasteiger partial charge is 0.350 e. The average molecular weight is 413 g/mol. The molecule has 9 heteroatoms. The lowest BCUT2D eigenvalue weighted by molar-refractivity contribution is -0.122. The maximum atomic E-state index is 12.0. The number of nitrogens with one attached hydrogen (secondary N) is 1. The van der Waals surface area contributed by atoms with Gasteiger partial charge >= 0.3 is 7.82 Å². The molecular formula is C17H37N2O5PS. The predicted octanol–water partition coefficient (Wildman–Crippen LogP) is 3.46. The Morgan fingerprint density at radius 2 is 1.85 bits per heavy atom. The van der Waals surface area contributed by atoms with Crippen LogP contribution in [0.3, 0.4) is 0 Å². The zero-order chi connectivity index (χ0) is 19.7. The number of unbranched alkanes of at least 4 members (excludes halogenated alkanes) is 5. The van der Waals surface area contributed by atoms with Gasteiger partial charge in [-0.2, -0.15) is 11.8 Å². The first-order chi connectivity index (χ1) is 12.4. The van der Waals surface area contributed by atoms with Crippen molar-refractivity contribution < 1.29 is 23.3 Å². The van der Waals surface area contributed by atoms with Gasteiger partial charge in [-0.05, 0) is 18.6 Å². The van der Waals surface area contributed by atoms with Gasteiger partial charge in [0.1, 0.15) is 0 Å². The molecule has 2 unspecified atom stereocenters. The number of rotatable bonds is 18. The summed E-state index contributed by atoms with van der Waals surface area (Å²) >= 11 is 1.72. The summed E-state index contributed by atoms with van der Waals surface area (Å²) in [6.45, 7) is 4.30. The van der Waals surface area contributed by atoms with Crippen LogP contribution >= 0.6 is 19.6 Å². The van der Waals surface area contributed by atoms with Crippen LogP contribution in [0.2, 0.25) is 0 Å². The normalized spacial score (nSPS) is 14.8. The summed E-state index contributed by atoms with van der Waals surface area (Å²) in [5, 5.41) is 2.91. The molecular weight excluding hydrogens is 375 g/mol.